The van der Waals surface area contributed by atoms with E-state index >= 15 is 0 Å². The quantitative estimate of drug-likeness (QED) is 0.860. The lowest BCUT2D eigenvalue weighted by molar-refractivity contribution is -0.141. The number of piperidine rings is 1. The molecule has 8 heteroatoms. The van der Waals surface area contributed by atoms with Crippen LogP contribution in [0.5, 0.6) is 5.88 Å². The van der Waals surface area contributed by atoms with Crippen LogP contribution < -0.4 is 4.74 Å². The van der Waals surface area contributed by atoms with Crippen LogP contribution in [0.25, 0.3) is 0 Å². The van der Waals surface area contributed by atoms with E-state index < -0.39 is 11.9 Å². The molecule has 1 atom stereocenters. The zero-order chi connectivity index (χ0) is 18.7. The van der Waals surface area contributed by atoms with Gasteiger partial charge < -0.3 is 14.7 Å². The molecular formula is C18H26F3N3O2. The number of halogens is 3. The van der Waals surface area contributed by atoms with Gasteiger partial charge >= 0.3 is 6.18 Å². The van der Waals surface area contributed by atoms with E-state index in [-0.39, 0.29) is 24.6 Å². The Bertz CT molecular complexity index is 604. The zero-order valence-corrected chi connectivity index (χ0v) is 15.0. The summed E-state index contributed by atoms with van der Waals surface area (Å²) in [4.78, 5) is 7.90. The van der Waals surface area contributed by atoms with Crippen molar-refractivity contribution in [1.82, 2.24) is 14.8 Å². The first-order chi connectivity index (χ1) is 12.3. The fraction of sp³-hybridized carbons (Fsp3) is 0.722. The van der Waals surface area contributed by atoms with Gasteiger partial charge in [0.25, 0.3) is 0 Å². The second-order valence-corrected chi connectivity index (χ2v) is 7.27. The molecule has 0 aromatic carbocycles. The van der Waals surface area contributed by atoms with Crippen molar-refractivity contribution in [2.24, 2.45) is 0 Å². The van der Waals surface area contributed by atoms with Crippen LogP contribution >= 0.6 is 0 Å². The summed E-state index contributed by atoms with van der Waals surface area (Å²) >= 11 is 0. The molecule has 2 aliphatic heterocycles. The minimum atomic E-state index is -4.51. The van der Waals surface area contributed by atoms with E-state index in [4.69, 9.17) is 4.74 Å². The number of hydrogen-bond acceptors (Lipinski definition) is 5. The number of aliphatic hydroxyl groups excluding tert-OH is 1. The highest BCUT2D eigenvalue weighted by molar-refractivity contribution is 5.27. The maximum Gasteiger partial charge on any atom is 0.433 e. The molecule has 5 nitrogen and oxygen atoms in total. The summed E-state index contributed by atoms with van der Waals surface area (Å²) in [6.07, 6.45) is -1.24. The smallest absolute Gasteiger partial charge is 0.433 e. The van der Waals surface area contributed by atoms with Gasteiger partial charge in [-0.25, -0.2) is 4.98 Å². The van der Waals surface area contributed by atoms with Crippen LogP contribution in [0.4, 0.5) is 13.2 Å². The van der Waals surface area contributed by atoms with Gasteiger partial charge in [-0.2, -0.15) is 13.2 Å². The monoisotopic (exact) mass is 373 g/mol. The molecule has 0 unspecified atom stereocenters. The van der Waals surface area contributed by atoms with Crippen LogP contribution in [0.1, 0.15) is 36.9 Å². The Labute approximate surface area is 151 Å². The molecule has 1 aromatic rings. The zero-order valence-electron chi connectivity index (χ0n) is 15.0. The van der Waals surface area contributed by atoms with Gasteiger partial charge in [0.1, 0.15) is 11.8 Å². The van der Waals surface area contributed by atoms with Crippen molar-refractivity contribution in [3.05, 3.63) is 23.4 Å². The van der Waals surface area contributed by atoms with Gasteiger partial charge in [-0.1, -0.05) is 0 Å². The number of aliphatic hydroxyl groups is 1. The summed E-state index contributed by atoms with van der Waals surface area (Å²) in [6.45, 7) is 2.89. The predicted molar refractivity (Wildman–Crippen MR) is 90.9 cm³/mol. The van der Waals surface area contributed by atoms with Gasteiger partial charge in [0.05, 0.1) is 6.61 Å². The van der Waals surface area contributed by atoms with Crippen molar-refractivity contribution < 1.29 is 23.0 Å². The summed E-state index contributed by atoms with van der Waals surface area (Å²) in [5, 5.41) is 9.43. The van der Waals surface area contributed by atoms with Crippen molar-refractivity contribution in [2.75, 3.05) is 33.3 Å². The molecule has 0 radical (unpaired) electrons. The molecule has 1 aromatic heterocycles. The molecule has 3 heterocycles. The number of likely N-dealkylation sites (tertiary alicyclic amines) is 2. The Balaban J connectivity index is 1.77. The van der Waals surface area contributed by atoms with Crippen LogP contribution in [0.15, 0.2) is 12.1 Å². The number of nitrogens with zero attached hydrogens (tertiary/aromatic N) is 3. The first-order valence-electron chi connectivity index (χ1n) is 9.13. The molecule has 146 valence electrons. The van der Waals surface area contributed by atoms with E-state index in [9.17, 15) is 18.3 Å². The molecular weight excluding hydrogens is 347 g/mol. The fourth-order valence-corrected chi connectivity index (χ4v) is 3.67. The van der Waals surface area contributed by atoms with E-state index in [0.29, 0.717) is 12.1 Å². The highest BCUT2D eigenvalue weighted by Gasteiger charge is 2.34. The van der Waals surface area contributed by atoms with Gasteiger partial charge in [-0.05, 0) is 50.9 Å². The molecule has 0 aliphatic carbocycles. The lowest BCUT2D eigenvalue weighted by Crippen LogP contribution is -2.36. The largest absolute Gasteiger partial charge is 0.474 e. The van der Waals surface area contributed by atoms with E-state index in [1.165, 1.54) is 0 Å². The normalized spacial score (nSPS) is 23.5. The number of rotatable bonds is 5. The average molecular weight is 373 g/mol. The van der Waals surface area contributed by atoms with Crippen molar-refractivity contribution in [2.45, 2.75) is 50.6 Å². The summed E-state index contributed by atoms with van der Waals surface area (Å²) in [5.41, 5.74) is -0.395. The highest BCUT2D eigenvalue weighted by atomic mass is 19.4. The Morgan fingerprint density at radius 2 is 1.92 bits per heavy atom. The van der Waals surface area contributed by atoms with Gasteiger partial charge in [-0.3, -0.25) is 4.90 Å². The number of alkyl halides is 3. The second kappa shape index (κ2) is 8.10. The first kappa shape index (κ1) is 19.4. The molecule has 0 bridgehead atoms. The SMILES string of the molecule is CN1CCC(Oc2cc(CN3CCC[C@H]3CO)cc(C(F)(F)F)n2)CC1. The minimum absolute atomic E-state index is 0.00996. The van der Waals surface area contributed by atoms with Crippen LogP contribution in [-0.4, -0.2) is 65.3 Å². The van der Waals surface area contributed by atoms with E-state index in [2.05, 4.69) is 9.88 Å². The Hall–Kier alpha value is -1.38. The topological polar surface area (TPSA) is 48.8 Å². The summed E-state index contributed by atoms with van der Waals surface area (Å²) in [6, 6.07) is 2.71. The molecule has 2 aliphatic rings. The fourth-order valence-electron chi connectivity index (χ4n) is 3.67. The molecule has 0 spiro atoms. The maximum absolute atomic E-state index is 13.3. The second-order valence-electron chi connectivity index (χ2n) is 7.27. The first-order valence-corrected chi connectivity index (χ1v) is 9.13. The molecule has 2 fully saturated rings. The Kier molecular flexibility index (Phi) is 6.04. The van der Waals surface area contributed by atoms with Crippen LogP contribution in [0.2, 0.25) is 0 Å². The molecule has 0 saturated carbocycles. The van der Waals surface area contributed by atoms with E-state index in [0.717, 1.165) is 51.4 Å². The van der Waals surface area contributed by atoms with E-state index in [1.54, 1.807) is 6.07 Å². The molecule has 0 amide bonds. The van der Waals surface area contributed by atoms with Gasteiger partial charge in [0.15, 0.2) is 0 Å². The summed E-state index contributed by atoms with van der Waals surface area (Å²) in [7, 11) is 2.02. The highest BCUT2D eigenvalue weighted by Crippen LogP contribution is 2.31. The van der Waals surface area contributed by atoms with E-state index in [1.807, 2.05) is 11.9 Å². The lowest BCUT2D eigenvalue weighted by atomic mass is 10.1. The standard InChI is InChI=1S/C18H26F3N3O2/c1-23-7-4-15(5-8-23)26-17-10-13(9-16(22-17)18(19,20)21)11-24-6-2-3-14(24)12-25/h9-10,14-15,25H,2-8,11-12H2,1H3/t14-/m0/s1. The molecule has 3 rings (SSSR count). The average Bonchev–Trinajstić information content (AvgIpc) is 3.03. The number of ether oxygens (including phenoxy) is 1. The third-order valence-corrected chi connectivity index (χ3v) is 5.20. The number of aromatic nitrogens is 1. The van der Waals surface area contributed by atoms with Crippen LogP contribution in [0, 0.1) is 0 Å². The predicted octanol–water partition coefficient (Wildman–Crippen LogP) is 2.53. The molecule has 1 N–H and O–H groups in total. The Morgan fingerprint density at radius 3 is 2.58 bits per heavy atom. The number of pyridine rings is 1. The van der Waals surface area contributed by atoms with Crippen molar-refractivity contribution in [3.63, 3.8) is 0 Å². The minimum Gasteiger partial charge on any atom is -0.474 e. The van der Waals surface area contributed by atoms with Gasteiger partial charge in [0.2, 0.25) is 5.88 Å². The van der Waals surface area contributed by atoms with Crippen LogP contribution in [-0.2, 0) is 12.7 Å². The number of hydrogen-bond donors (Lipinski definition) is 1. The van der Waals surface area contributed by atoms with Crippen molar-refractivity contribution in [3.8, 4) is 5.88 Å². The molecule has 2 saturated heterocycles. The summed E-state index contributed by atoms with van der Waals surface area (Å²) < 4.78 is 45.6. The lowest BCUT2D eigenvalue weighted by Gasteiger charge is -2.29. The van der Waals surface area contributed by atoms with Gasteiger partial charge in [-0.15, -0.1) is 0 Å². The van der Waals surface area contributed by atoms with Crippen molar-refractivity contribution in [1.29, 1.82) is 0 Å². The van der Waals surface area contributed by atoms with Gasteiger partial charge in [0, 0.05) is 31.7 Å². The Morgan fingerprint density at radius 1 is 1.19 bits per heavy atom. The third-order valence-electron chi connectivity index (χ3n) is 5.20. The third kappa shape index (κ3) is 4.86. The van der Waals surface area contributed by atoms with Crippen LogP contribution in [0.3, 0.4) is 0 Å². The maximum atomic E-state index is 13.3. The summed E-state index contributed by atoms with van der Waals surface area (Å²) in [5.74, 6) is 0.0455. The molecule has 26 heavy (non-hydrogen) atoms. The van der Waals surface area contributed by atoms with Crippen molar-refractivity contribution >= 4 is 0 Å².